The fraction of sp³-hybridized carbons (Fsp3) is 0.935. The summed E-state index contributed by atoms with van der Waals surface area (Å²) in [6.07, 6.45) is 32.5. The van der Waals surface area contributed by atoms with Crippen LogP contribution in [0.4, 0.5) is 0 Å². The number of hydrogen-bond acceptors (Lipinski definition) is 10. The van der Waals surface area contributed by atoms with Crippen molar-refractivity contribution < 1.29 is 51.8 Å². The van der Waals surface area contributed by atoms with Gasteiger partial charge in [0, 0.05) is 6.42 Å². The van der Waals surface area contributed by atoms with Gasteiger partial charge in [-0.1, -0.05) is 206 Å². The molecule has 350 valence electrons. The minimum Gasteiger partial charge on any atom is -0.394 e. The Kier molecular flexibility index (Phi) is 35.4. The lowest BCUT2D eigenvalue weighted by molar-refractivity contribution is -0.298. The van der Waals surface area contributed by atoms with E-state index in [9.17, 15) is 38.2 Å². The van der Waals surface area contributed by atoms with Crippen LogP contribution in [-0.4, -0.2) is 95.4 Å². The van der Waals surface area contributed by atoms with Crippen molar-refractivity contribution >= 4 is 16.3 Å². The molecule has 59 heavy (non-hydrogen) atoms. The van der Waals surface area contributed by atoms with E-state index in [1.54, 1.807) is 6.08 Å². The fourth-order valence-electron chi connectivity index (χ4n) is 7.81. The van der Waals surface area contributed by atoms with Crippen LogP contribution in [0.1, 0.15) is 219 Å². The Morgan fingerprint density at radius 3 is 1.47 bits per heavy atom. The average molecular weight is 864 g/mol. The summed E-state index contributed by atoms with van der Waals surface area (Å²) in [6, 6.07) is -0.937. The van der Waals surface area contributed by atoms with Crippen molar-refractivity contribution in [1.82, 2.24) is 5.32 Å². The SMILES string of the molecule is CCCCCCCCCCCCC/C=C/C(O)C(COC1OC(CO)C(O)C(OS(=O)(=O)O)C1O)NC(=O)CCCCCCCCCCCCCCCCCCCCC. The van der Waals surface area contributed by atoms with E-state index in [2.05, 4.69) is 23.3 Å². The second-order valence-electron chi connectivity index (χ2n) is 17.1. The Hall–Kier alpha value is -1.16. The Balaban J connectivity index is 2.47. The van der Waals surface area contributed by atoms with Crippen molar-refractivity contribution in [3.8, 4) is 0 Å². The van der Waals surface area contributed by atoms with Gasteiger partial charge in [0.2, 0.25) is 5.91 Å². The third-order valence-corrected chi connectivity index (χ3v) is 12.0. The number of carbonyl (C=O) groups excluding carboxylic acids is 1. The zero-order valence-electron chi connectivity index (χ0n) is 37.3. The van der Waals surface area contributed by atoms with Crippen LogP contribution in [0, 0.1) is 0 Å². The number of hydrogen-bond donors (Lipinski definition) is 6. The van der Waals surface area contributed by atoms with Gasteiger partial charge < -0.3 is 35.2 Å². The van der Waals surface area contributed by atoms with Crippen LogP contribution in [0.3, 0.4) is 0 Å². The van der Waals surface area contributed by atoms with Gasteiger partial charge >= 0.3 is 10.4 Å². The molecule has 1 rings (SSSR count). The van der Waals surface area contributed by atoms with E-state index >= 15 is 0 Å². The molecule has 0 bridgehead atoms. The van der Waals surface area contributed by atoms with E-state index in [1.165, 1.54) is 154 Å². The summed E-state index contributed by atoms with van der Waals surface area (Å²) < 4.78 is 47.6. The number of rotatable bonds is 41. The van der Waals surface area contributed by atoms with Gasteiger partial charge in [-0.25, -0.2) is 4.18 Å². The summed E-state index contributed by atoms with van der Waals surface area (Å²) in [7, 11) is -5.08. The van der Waals surface area contributed by atoms with Gasteiger partial charge in [-0.05, 0) is 19.3 Å². The lowest BCUT2D eigenvalue weighted by Gasteiger charge is -2.41. The van der Waals surface area contributed by atoms with Crippen LogP contribution in [0.25, 0.3) is 0 Å². The average Bonchev–Trinajstić information content (AvgIpc) is 3.20. The second-order valence-corrected chi connectivity index (χ2v) is 18.1. The van der Waals surface area contributed by atoms with E-state index in [0.717, 1.165) is 38.5 Å². The second kappa shape index (κ2) is 37.4. The molecule has 12 nitrogen and oxygen atoms in total. The summed E-state index contributed by atoms with van der Waals surface area (Å²) >= 11 is 0. The number of nitrogens with one attached hydrogen (secondary N) is 1. The number of carbonyl (C=O) groups is 1. The number of ether oxygens (including phenoxy) is 2. The molecule has 13 heteroatoms. The minimum atomic E-state index is -5.08. The molecule has 0 aromatic carbocycles. The standard InChI is InChI=1S/C46H89NO11S/c1-3-5-7-9-11-13-15-17-18-19-20-21-22-24-26-28-30-32-34-36-42(50)47-39(40(49)35-33-31-29-27-25-23-16-14-12-10-8-6-4-2)38-56-46-44(52)45(58-59(53,54)55)43(51)41(37-48)57-46/h33,35,39-41,43-46,48-49,51-52H,3-32,34,36-38H2,1-2H3,(H,47,50)(H,53,54,55)/b35-33+. The minimum absolute atomic E-state index is 0.260. The molecule has 1 aliphatic heterocycles. The lowest BCUT2D eigenvalue weighted by Crippen LogP contribution is -2.61. The Labute approximate surface area is 360 Å². The van der Waals surface area contributed by atoms with Crippen LogP contribution in [-0.2, 0) is 28.9 Å². The molecule has 0 saturated carbocycles. The van der Waals surface area contributed by atoms with E-state index in [1.807, 2.05) is 6.08 Å². The van der Waals surface area contributed by atoms with E-state index in [0.29, 0.717) is 6.42 Å². The quantitative estimate of drug-likeness (QED) is 0.0195. The van der Waals surface area contributed by atoms with Crippen molar-refractivity contribution in [2.24, 2.45) is 0 Å². The summed E-state index contributed by atoms with van der Waals surface area (Å²) in [5, 5.41) is 44.7. The molecule has 1 fully saturated rings. The van der Waals surface area contributed by atoms with Gasteiger partial charge in [0.1, 0.15) is 24.4 Å². The third-order valence-electron chi connectivity index (χ3n) is 11.6. The molecule has 0 spiro atoms. The highest BCUT2D eigenvalue weighted by Gasteiger charge is 2.48. The van der Waals surface area contributed by atoms with Crippen molar-refractivity contribution in [1.29, 1.82) is 0 Å². The topological polar surface area (TPSA) is 192 Å². The third kappa shape index (κ3) is 30.5. The van der Waals surface area contributed by atoms with Gasteiger partial charge in [0.25, 0.3) is 0 Å². The van der Waals surface area contributed by atoms with Crippen LogP contribution in [0.2, 0.25) is 0 Å². The first-order chi connectivity index (χ1) is 28.5. The zero-order chi connectivity index (χ0) is 43.4. The Morgan fingerprint density at radius 1 is 0.661 bits per heavy atom. The first kappa shape index (κ1) is 55.9. The number of aliphatic hydroxyl groups is 4. The molecule has 1 aliphatic rings. The van der Waals surface area contributed by atoms with Gasteiger partial charge in [0.05, 0.1) is 25.4 Å². The van der Waals surface area contributed by atoms with Gasteiger partial charge in [-0.2, -0.15) is 8.42 Å². The zero-order valence-corrected chi connectivity index (χ0v) is 38.1. The summed E-state index contributed by atoms with van der Waals surface area (Å²) in [4.78, 5) is 13.0. The van der Waals surface area contributed by atoms with Gasteiger partial charge in [-0.15, -0.1) is 0 Å². The summed E-state index contributed by atoms with van der Waals surface area (Å²) in [6.45, 7) is 3.39. The maximum atomic E-state index is 13.0. The maximum Gasteiger partial charge on any atom is 0.397 e. The number of unbranched alkanes of at least 4 members (excludes halogenated alkanes) is 29. The van der Waals surface area contributed by atoms with Crippen LogP contribution in [0.5, 0.6) is 0 Å². The Bertz CT molecular complexity index is 1110. The van der Waals surface area contributed by atoms with Crippen molar-refractivity contribution in [2.75, 3.05) is 13.2 Å². The van der Waals surface area contributed by atoms with Crippen molar-refractivity contribution in [3.63, 3.8) is 0 Å². The molecule has 0 aromatic rings. The van der Waals surface area contributed by atoms with Crippen molar-refractivity contribution in [2.45, 2.75) is 262 Å². The van der Waals surface area contributed by atoms with E-state index < -0.39 is 59.9 Å². The first-order valence-electron chi connectivity index (χ1n) is 24.1. The Morgan fingerprint density at radius 2 is 1.07 bits per heavy atom. The predicted octanol–water partition coefficient (Wildman–Crippen LogP) is 9.55. The smallest absolute Gasteiger partial charge is 0.394 e. The molecule has 1 amide bonds. The molecule has 6 N–H and O–H groups in total. The highest BCUT2D eigenvalue weighted by molar-refractivity contribution is 7.80. The normalized spacial score (nSPS) is 21.0. The molecule has 7 unspecified atom stereocenters. The predicted molar refractivity (Wildman–Crippen MR) is 236 cm³/mol. The van der Waals surface area contributed by atoms with E-state index in [-0.39, 0.29) is 18.9 Å². The number of aliphatic hydroxyl groups excluding tert-OH is 4. The molecule has 1 saturated heterocycles. The number of amides is 1. The van der Waals surface area contributed by atoms with E-state index in [4.69, 9.17) is 9.47 Å². The molecule has 0 aliphatic carbocycles. The first-order valence-corrected chi connectivity index (χ1v) is 25.4. The summed E-state index contributed by atoms with van der Waals surface area (Å²) in [5.74, 6) is -0.260. The highest BCUT2D eigenvalue weighted by Crippen LogP contribution is 2.26. The molecule has 0 aromatic heterocycles. The molecule has 7 atom stereocenters. The summed E-state index contributed by atoms with van der Waals surface area (Å²) in [5.41, 5.74) is 0. The van der Waals surface area contributed by atoms with Crippen LogP contribution < -0.4 is 5.32 Å². The van der Waals surface area contributed by atoms with Crippen LogP contribution >= 0.6 is 0 Å². The largest absolute Gasteiger partial charge is 0.397 e. The highest BCUT2D eigenvalue weighted by atomic mass is 32.3. The van der Waals surface area contributed by atoms with Gasteiger partial charge in [0.15, 0.2) is 6.29 Å². The number of allylic oxidation sites excluding steroid dienone is 1. The molecular formula is C46H89NO11S. The lowest BCUT2D eigenvalue weighted by atomic mass is 9.99. The fourth-order valence-corrected chi connectivity index (χ4v) is 8.32. The van der Waals surface area contributed by atoms with Crippen LogP contribution in [0.15, 0.2) is 12.2 Å². The van der Waals surface area contributed by atoms with Crippen molar-refractivity contribution in [3.05, 3.63) is 12.2 Å². The van der Waals surface area contributed by atoms with Gasteiger partial charge in [-0.3, -0.25) is 9.35 Å². The maximum absolute atomic E-state index is 13.0. The molecule has 0 radical (unpaired) electrons. The molecule has 1 heterocycles. The monoisotopic (exact) mass is 864 g/mol. The molecular weight excluding hydrogens is 775 g/mol.